The van der Waals surface area contributed by atoms with Crippen LogP contribution in [0.15, 0.2) is 24.5 Å². The van der Waals surface area contributed by atoms with Crippen LogP contribution in [0.5, 0.6) is 0 Å². The van der Waals surface area contributed by atoms with Gasteiger partial charge in [0.2, 0.25) is 0 Å². The molecule has 0 amide bonds. The summed E-state index contributed by atoms with van der Waals surface area (Å²) in [5.41, 5.74) is 1.27. The van der Waals surface area contributed by atoms with E-state index in [1.165, 1.54) is 5.56 Å². The predicted molar refractivity (Wildman–Crippen MR) is 61.1 cm³/mol. The number of nitrogens with zero attached hydrogens (tertiary/aromatic N) is 1. The third-order valence-electron chi connectivity index (χ3n) is 2.78. The maximum absolute atomic E-state index is 11.3. The first-order chi connectivity index (χ1) is 7.86. The molecule has 1 aromatic rings. The molecule has 1 fully saturated rings. The monoisotopic (exact) mass is 219 g/mol. The van der Waals surface area contributed by atoms with E-state index in [-0.39, 0.29) is 5.78 Å². The second kappa shape index (κ2) is 5.75. The van der Waals surface area contributed by atoms with Crippen LogP contribution in [0.3, 0.4) is 0 Å². The minimum Gasteiger partial charge on any atom is -0.374 e. The van der Waals surface area contributed by atoms with Crippen LogP contribution in [-0.4, -0.2) is 24.0 Å². The lowest BCUT2D eigenvalue weighted by Crippen LogP contribution is -2.11. The van der Waals surface area contributed by atoms with Crippen molar-refractivity contribution in [1.82, 2.24) is 4.98 Å². The highest BCUT2D eigenvalue weighted by Gasteiger charge is 2.28. The maximum atomic E-state index is 11.3. The van der Waals surface area contributed by atoms with Crippen molar-refractivity contribution in [3.8, 4) is 0 Å². The van der Waals surface area contributed by atoms with Gasteiger partial charge in [0, 0.05) is 24.9 Å². The van der Waals surface area contributed by atoms with Gasteiger partial charge in [-0.1, -0.05) is 0 Å². The molecule has 3 heteroatoms. The molecule has 0 N–H and O–H groups in total. The topological polar surface area (TPSA) is 39.2 Å². The van der Waals surface area contributed by atoms with E-state index in [1.54, 1.807) is 12.4 Å². The highest BCUT2D eigenvalue weighted by Crippen LogP contribution is 2.29. The highest BCUT2D eigenvalue weighted by molar-refractivity contribution is 5.84. The van der Waals surface area contributed by atoms with Gasteiger partial charge in [0.15, 0.2) is 5.78 Å². The number of Topliss-reactive ketones (excluding diaryl/α,β-unsaturated/α-hetero) is 1. The molecule has 1 saturated carbocycles. The van der Waals surface area contributed by atoms with Crippen molar-refractivity contribution >= 4 is 5.78 Å². The summed E-state index contributed by atoms with van der Waals surface area (Å²) in [6.07, 6.45) is 7.68. The third kappa shape index (κ3) is 3.74. The lowest BCUT2D eigenvalue weighted by Gasteiger charge is -2.03. The molecule has 1 aliphatic carbocycles. The molecule has 86 valence electrons. The van der Waals surface area contributed by atoms with Gasteiger partial charge in [0.25, 0.3) is 0 Å². The fourth-order valence-corrected chi connectivity index (χ4v) is 1.62. The fourth-order valence-electron chi connectivity index (χ4n) is 1.62. The van der Waals surface area contributed by atoms with Crippen molar-refractivity contribution in [3.63, 3.8) is 0 Å². The van der Waals surface area contributed by atoms with Crippen LogP contribution < -0.4 is 0 Å². The van der Waals surface area contributed by atoms with Crippen LogP contribution in [0.4, 0.5) is 0 Å². The molecule has 0 aromatic carbocycles. The zero-order chi connectivity index (χ0) is 11.2. The maximum Gasteiger partial charge on any atom is 0.161 e. The van der Waals surface area contributed by atoms with Crippen molar-refractivity contribution in [2.24, 2.45) is 5.92 Å². The Bertz CT molecular complexity index is 333. The number of rotatable bonds is 7. The quantitative estimate of drug-likeness (QED) is 0.658. The normalized spacial score (nSPS) is 15.0. The Morgan fingerprint density at radius 3 is 2.81 bits per heavy atom. The molecule has 3 nitrogen and oxygen atoms in total. The molecule has 0 bridgehead atoms. The molecule has 0 unspecified atom stereocenters. The van der Waals surface area contributed by atoms with E-state index in [1.807, 2.05) is 12.1 Å². The molecule has 0 aliphatic heterocycles. The van der Waals surface area contributed by atoms with Crippen LogP contribution in [0.2, 0.25) is 0 Å². The first kappa shape index (κ1) is 11.3. The van der Waals surface area contributed by atoms with E-state index in [9.17, 15) is 4.79 Å². The predicted octanol–water partition coefficient (Wildman–Crippen LogP) is 2.01. The summed E-state index contributed by atoms with van der Waals surface area (Å²) < 4.78 is 5.35. The largest absolute Gasteiger partial charge is 0.374 e. The van der Waals surface area contributed by atoms with Crippen LogP contribution in [0.1, 0.15) is 24.8 Å². The van der Waals surface area contributed by atoms with Gasteiger partial charge in [-0.25, -0.2) is 0 Å². The van der Waals surface area contributed by atoms with Gasteiger partial charge in [-0.2, -0.15) is 0 Å². The number of pyridine rings is 1. The number of hydrogen-bond donors (Lipinski definition) is 0. The SMILES string of the molecule is O=C(COCCCc1ccncc1)C1CC1. The number of aromatic nitrogens is 1. The molecule has 0 spiro atoms. The number of aryl methyl sites for hydroxylation is 1. The van der Waals surface area contributed by atoms with Crippen molar-refractivity contribution < 1.29 is 9.53 Å². The molecule has 16 heavy (non-hydrogen) atoms. The summed E-state index contributed by atoms with van der Waals surface area (Å²) in [5.74, 6) is 0.601. The number of hydrogen-bond acceptors (Lipinski definition) is 3. The molecule has 1 aromatic heterocycles. The van der Waals surface area contributed by atoms with Gasteiger partial charge < -0.3 is 4.74 Å². The van der Waals surface area contributed by atoms with E-state index in [0.717, 1.165) is 25.7 Å². The molecule has 1 aliphatic rings. The Balaban J connectivity index is 1.53. The van der Waals surface area contributed by atoms with Crippen molar-refractivity contribution in [2.45, 2.75) is 25.7 Å². The summed E-state index contributed by atoms with van der Waals surface area (Å²) in [7, 11) is 0. The number of ether oxygens (including phenoxy) is 1. The zero-order valence-corrected chi connectivity index (χ0v) is 9.39. The van der Waals surface area contributed by atoms with Crippen molar-refractivity contribution in [3.05, 3.63) is 30.1 Å². The highest BCUT2D eigenvalue weighted by atomic mass is 16.5. The molecule has 1 heterocycles. The Labute approximate surface area is 95.8 Å². The Kier molecular flexibility index (Phi) is 4.05. The van der Waals surface area contributed by atoms with Crippen LogP contribution in [0.25, 0.3) is 0 Å². The Morgan fingerprint density at radius 2 is 2.12 bits per heavy atom. The van der Waals surface area contributed by atoms with Crippen molar-refractivity contribution in [2.75, 3.05) is 13.2 Å². The standard InChI is InChI=1S/C13H17NO2/c15-13(12-3-4-12)10-16-9-1-2-11-5-7-14-8-6-11/h5-8,12H,1-4,9-10H2. The van der Waals surface area contributed by atoms with Crippen LogP contribution in [-0.2, 0) is 16.0 Å². The molecule has 0 saturated heterocycles. The second-order valence-corrected chi connectivity index (χ2v) is 4.25. The average Bonchev–Trinajstić information content (AvgIpc) is 3.13. The van der Waals surface area contributed by atoms with E-state index in [2.05, 4.69) is 4.98 Å². The Morgan fingerprint density at radius 1 is 1.38 bits per heavy atom. The molecule has 0 radical (unpaired) electrons. The number of carbonyl (C=O) groups is 1. The first-order valence-electron chi connectivity index (χ1n) is 5.85. The molecular weight excluding hydrogens is 202 g/mol. The summed E-state index contributed by atoms with van der Waals surface area (Å²) in [5, 5.41) is 0. The summed E-state index contributed by atoms with van der Waals surface area (Å²) in [4.78, 5) is 15.3. The van der Waals surface area contributed by atoms with Gasteiger partial charge in [0.1, 0.15) is 6.61 Å². The Hall–Kier alpha value is -1.22. The number of ketones is 1. The lowest BCUT2D eigenvalue weighted by atomic mass is 10.1. The molecule has 0 atom stereocenters. The van der Waals surface area contributed by atoms with Crippen LogP contribution >= 0.6 is 0 Å². The van der Waals surface area contributed by atoms with E-state index >= 15 is 0 Å². The van der Waals surface area contributed by atoms with Gasteiger partial charge in [-0.3, -0.25) is 9.78 Å². The smallest absolute Gasteiger partial charge is 0.161 e. The van der Waals surface area contributed by atoms with E-state index in [4.69, 9.17) is 4.74 Å². The summed E-state index contributed by atoms with van der Waals surface area (Å²) in [6.45, 7) is 0.974. The second-order valence-electron chi connectivity index (χ2n) is 4.25. The summed E-state index contributed by atoms with van der Waals surface area (Å²) in [6, 6.07) is 4.02. The zero-order valence-electron chi connectivity index (χ0n) is 9.39. The van der Waals surface area contributed by atoms with Gasteiger partial charge in [-0.05, 0) is 43.4 Å². The third-order valence-corrected chi connectivity index (χ3v) is 2.78. The minimum absolute atomic E-state index is 0.281. The lowest BCUT2D eigenvalue weighted by molar-refractivity contribution is -0.124. The molecule has 2 rings (SSSR count). The van der Waals surface area contributed by atoms with Crippen molar-refractivity contribution in [1.29, 1.82) is 0 Å². The fraction of sp³-hybridized carbons (Fsp3) is 0.538. The molecular formula is C13H17NO2. The van der Waals surface area contributed by atoms with Gasteiger partial charge in [-0.15, -0.1) is 0 Å². The van der Waals surface area contributed by atoms with E-state index in [0.29, 0.717) is 19.1 Å². The first-order valence-corrected chi connectivity index (χ1v) is 5.85. The number of carbonyl (C=O) groups excluding carboxylic acids is 1. The average molecular weight is 219 g/mol. The summed E-state index contributed by atoms with van der Waals surface area (Å²) >= 11 is 0. The minimum atomic E-state index is 0.281. The van der Waals surface area contributed by atoms with Gasteiger partial charge >= 0.3 is 0 Å². The van der Waals surface area contributed by atoms with E-state index < -0.39 is 0 Å². The van der Waals surface area contributed by atoms with Crippen LogP contribution in [0, 0.1) is 5.92 Å². The van der Waals surface area contributed by atoms with Gasteiger partial charge in [0.05, 0.1) is 0 Å².